The van der Waals surface area contributed by atoms with Gasteiger partial charge in [0.25, 0.3) is 0 Å². The van der Waals surface area contributed by atoms with Gasteiger partial charge in [-0.15, -0.1) is 0 Å². The molecule has 0 fully saturated rings. The molecule has 0 spiro atoms. The average Bonchev–Trinajstić information content (AvgIpc) is 1.80. The standard InChI is InChI=1S/C10H22O/c1-8(2)7-11-9(3)10(4,5)6/h8-9H,7H2,1-6H3/t9-/m0/s1. The van der Waals surface area contributed by atoms with Crippen molar-refractivity contribution in [2.24, 2.45) is 11.3 Å². The second kappa shape index (κ2) is 4.10. The largest absolute Gasteiger partial charge is 0.378 e. The molecule has 0 amide bonds. The van der Waals surface area contributed by atoms with Gasteiger partial charge in [-0.3, -0.25) is 0 Å². The Morgan fingerprint density at radius 3 is 1.82 bits per heavy atom. The van der Waals surface area contributed by atoms with E-state index in [4.69, 9.17) is 4.74 Å². The van der Waals surface area contributed by atoms with Crippen LogP contribution in [0.2, 0.25) is 0 Å². The van der Waals surface area contributed by atoms with Crippen LogP contribution in [0.1, 0.15) is 41.5 Å². The molecule has 0 rings (SSSR count). The molecule has 0 aromatic rings. The Kier molecular flexibility index (Phi) is 4.09. The lowest BCUT2D eigenvalue weighted by atomic mass is 9.90. The van der Waals surface area contributed by atoms with E-state index in [0.717, 1.165) is 6.61 Å². The van der Waals surface area contributed by atoms with E-state index in [9.17, 15) is 0 Å². The van der Waals surface area contributed by atoms with Gasteiger partial charge in [0.05, 0.1) is 6.10 Å². The molecule has 11 heavy (non-hydrogen) atoms. The third kappa shape index (κ3) is 5.25. The molecule has 0 saturated carbocycles. The first kappa shape index (κ1) is 11.0. The summed E-state index contributed by atoms with van der Waals surface area (Å²) in [4.78, 5) is 0. The quantitative estimate of drug-likeness (QED) is 0.613. The van der Waals surface area contributed by atoms with Crippen LogP contribution in [0.3, 0.4) is 0 Å². The first-order valence-electron chi connectivity index (χ1n) is 4.45. The Labute approximate surface area is 71.1 Å². The van der Waals surface area contributed by atoms with E-state index in [1.54, 1.807) is 0 Å². The van der Waals surface area contributed by atoms with E-state index in [-0.39, 0.29) is 5.41 Å². The van der Waals surface area contributed by atoms with Crippen LogP contribution in [0, 0.1) is 11.3 Å². The zero-order valence-corrected chi connectivity index (χ0v) is 8.77. The second-order valence-corrected chi connectivity index (χ2v) is 4.74. The minimum atomic E-state index is 0.273. The van der Waals surface area contributed by atoms with E-state index in [1.807, 2.05) is 0 Å². The predicted octanol–water partition coefficient (Wildman–Crippen LogP) is 3.09. The van der Waals surface area contributed by atoms with Crippen molar-refractivity contribution in [2.45, 2.75) is 47.6 Å². The summed E-state index contributed by atoms with van der Waals surface area (Å²) in [5.41, 5.74) is 0.273. The summed E-state index contributed by atoms with van der Waals surface area (Å²) >= 11 is 0. The first-order chi connectivity index (χ1) is 4.84. The van der Waals surface area contributed by atoms with Gasteiger partial charge in [-0.2, -0.15) is 0 Å². The van der Waals surface area contributed by atoms with Crippen LogP contribution in [0.4, 0.5) is 0 Å². The van der Waals surface area contributed by atoms with Crippen LogP contribution in [0.5, 0.6) is 0 Å². The molecule has 0 unspecified atom stereocenters. The van der Waals surface area contributed by atoms with E-state index in [0.29, 0.717) is 12.0 Å². The fourth-order valence-electron chi connectivity index (χ4n) is 0.587. The fraction of sp³-hybridized carbons (Fsp3) is 1.00. The van der Waals surface area contributed by atoms with Crippen molar-refractivity contribution in [3.8, 4) is 0 Å². The number of hydrogen-bond donors (Lipinski definition) is 0. The van der Waals surface area contributed by atoms with E-state index < -0.39 is 0 Å². The zero-order valence-electron chi connectivity index (χ0n) is 8.77. The minimum Gasteiger partial charge on any atom is -0.378 e. The van der Waals surface area contributed by atoms with Gasteiger partial charge in [-0.1, -0.05) is 34.6 Å². The van der Waals surface area contributed by atoms with Gasteiger partial charge in [0.1, 0.15) is 0 Å². The summed E-state index contributed by atoms with van der Waals surface area (Å²) in [5.74, 6) is 0.639. The smallest absolute Gasteiger partial charge is 0.0595 e. The van der Waals surface area contributed by atoms with Crippen molar-refractivity contribution in [3.05, 3.63) is 0 Å². The summed E-state index contributed by atoms with van der Waals surface area (Å²) in [6.45, 7) is 14.0. The van der Waals surface area contributed by atoms with Crippen molar-refractivity contribution in [1.82, 2.24) is 0 Å². The molecule has 1 heteroatoms. The molecule has 0 N–H and O–H groups in total. The Balaban J connectivity index is 3.61. The van der Waals surface area contributed by atoms with E-state index in [1.165, 1.54) is 0 Å². The first-order valence-corrected chi connectivity index (χ1v) is 4.45. The van der Waals surface area contributed by atoms with Gasteiger partial charge in [0, 0.05) is 6.61 Å². The summed E-state index contributed by atoms with van der Waals surface area (Å²) in [6, 6.07) is 0. The number of hydrogen-bond acceptors (Lipinski definition) is 1. The highest BCUT2D eigenvalue weighted by Gasteiger charge is 2.20. The summed E-state index contributed by atoms with van der Waals surface area (Å²) in [7, 11) is 0. The number of ether oxygens (including phenoxy) is 1. The van der Waals surface area contributed by atoms with Crippen molar-refractivity contribution in [1.29, 1.82) is 0 Å². The lowest BCUT2D eigenvalue weighted by Crippen LogP contribution is -2.27. The van der Waals surface area contributed by atoms with Crippen LogP contribution in [0.25, 0.3) is 0 Å². The average molecular weight is 158 g/mol. The Morgan fingerprint density at radius 2 is 1.55 bits per heavy atom. The summed E-state index contributed by atoms with van der Waals surface area (Å²) in [6.07, 6.45) is 0.352. The monoisotopic (exact) mass is 158 g/mol. The van der Waals surface area contributed by atoms with Crippen molar-refractivity contribution in [3.63, 3.8) is 0 Å². The fourth-order valence-corrected chi connectivity index (χ4v) is 0.587. The molecule has 0 aromatic carbocycles. The highest BCUT2D eigenvalue weighted by atomic mass is 16.5. The van der Waals surface area contributed by atoms with Gasteiger partial charge >= 0.3 is 0 Å². The Hall–Kier alpha value is -0.0400. The van der Waals surface area contributed by atoms with Crippen LogP contribution in [0.15, 0.2) is 0 Å². The van der Waals surface area contributed by atoms with Gasteiger partial charge < -0.3 is 4.74 Å². The molecule has 0 heterocycles. The maximum absolute atomic E-state index is 5.67. The molecular formula is C10H22O. The molecular weight excluding hydrogens is 136 g/mol. The predicted molar refractivity (Wildman–Crippen MR) is 49.7 cm³/mol. The molecule has 0 aliphatic carbocycles. The third-order valence-corrected chi connectivity index (χ3v) is 1.90. The SMILES string of the molecule is CC(C)CO[C@@H](C)C(C)(C)C. The van der Waals surface area contributed by atoms with Crippen molar-refractivity contribution < 1.29 is 4.74 Å². The third-order valence-electron chi connectivity index (χ3n) is 1.90. The normalized spacial score (nSPS) is 15.5. The maximum Gasteiger partial charge on any atom is 0.0595 e. The van der Waals surface area contributed by atoms with Gasteiger partial charge in [-0.05, 0) is 18.3 Å². The van der Waals surface area contributed by atoms with Crippen LogP contribution in [-0.4, -0.2) is 12.7 Å². The molecule has 0 aromatic heterocycles. The zero-order chi connectivity index (χ0) is 9.07. The Morgan fingerprint density at radius 1 is 1.09 bits per heavy atom. The number of rotatable bonds is 3. The highest BCUT2D eigenvalue weighted by molar-refractivity contribution is 4.69. The van der Waals surface area contributed by atoms with Crippen molar-refractivity contribution >= 4 is 0 Å². The maximum atomic E-state index is 5.67. The molecule has 1 nitrogen and oxygen atoms in total. The van der Waals surface area contributed by atoms with E-state index >= 15 is 0 Å². The highest BCUT2D eigenvalue weighted by Crippen LogP contribution is 2.21. The molecule has 1 atom stereocenters. The van der Waals surface area contributed by atoms with Crippen LogP contribution in [-0.2, 0) is 4.74 Å². The topological polar surface area (TPSA) is 9.23 Å². The molecule has 68 valence electrons. The lowest BCUT2D eigenvalue weighted by Gasteiger charge is -2.27. The van der Waals surface area contributed by atoms with Crippen molar-refractivity contribution in [2.75, 3.05) is 6.61 Å². The Bertz CT molecular complexity index is 99.9. The van der Waals surface area contributed by atoms with Gasteiger partial charge in [0.2, 0.25) is 0 Å². The lowest BCUT2D eigenvalue weighted by molar-refractivity contribution is -0.0169. The summed E-state index contributed by atoms with van der Waals surface area (Å²) in [5, 5.41) is 0. The van der Waals surface area contributed by atoms with Gasteiger partial charge in [0.15, 0.2) is 0 Å². The van der Waals surface area contributed by atoms with Crippen LogP contribution >= 0.6 is 0 Å². The summed E-state index contributed by atoms with van der Waals surface area (Å²) < 4.78 is 5.67. The molecule has 0 aliphatic rings. The minimum absolute atomic E-state index is 0.273. The molecule has 0 aliphatic heterocycles. The van der Waals surface area contributed by atoms with Gasteiger partial charge in [-0.25, -0.2) is 0 Å². The van der Waals surface area contributed by atoms with E-state index in [2.05, 4.69) is 41.5 Å². The molecule has 0 radical (unpaired) electrons. The molecule has 0 saturated heterocycles. The van der Waals surface area contributed by atoms with Crippen LogP contribution < -0.4 is 0 Å². The second-order valence-electron chi connectivity index (χ2n) is 4.74. The molecule has 0 bridgehead atoms.